The third-order valence-electron chi connectivity index (χ3n) is 4.71. The molecule has 0 saturated heterocycles. The van der Waals surface area contributed by atoms with E-state index in [1.54, 1.807) is 0 Å². The van der Waals surface area contributed by atoms with Gasteiger partial charge in [-0.05, 0) is 50.0 Å². The summed E-state index contributed by atoms with van der Waals surface area (Å²) in [5.41, 5.74) is 0. The van der Waals surface area contributed by atoms with Crippen LogP contribution in [-0.4, -0.2) is 19.0 Å². The summed E-state index contributed by atoms with van der Waals surface area (Å²) in [5.74, 6) is 1.31. The highest BCUT2D eigenvalue weighted by Gasteiger charge is 2.41. The Morgan fingerprint density at radius 1 is 0.880 bits per heavy atom. The molecule has 140 valence electrons. The lowest BCUT2D eigenvalue weighted by atomic mass is 10.0. The molecule has 2 aliphatic carbocycles. The molecule has 1 unspecified atom stereocenters. The van der Waals surface area contributed by atoms with Crippen molar-refractivity contribution in [3.63, 3.8) is 0 Å². The minimum absolute atomic E-state index is 0.262. The zero-order valence-corrected chi connectivity index (χ0v) is 18.7. The molecule has 0 spiro atoms. The van der Waals surface area contributed by atoms with Crippen molar-refractivity contribution in [3.05, 3.63) is 30.3 Å². The topological polar surface area (TPSA) is 0 Å². The Morgan fingerprint density at radius 2 is 1.56 bits per heavy atom. The third-order valence-corrected chi connectivity index (χ3v) is 12.0. The maximum absolute atomic E-state index is 2.32. The van der Waals surface area contributed by atoms with Gasteiger partial charge in [0.15, 0.2) is 2.74 Å². The van der Waals surface area contributed by atoms with Gasteiger partial charge in [-0.2, -0.15) is 0 Å². The second-order valence-electron chi connectivity index (χ2n) is 7.17. The van der Waals surface area contributed by atoms with Crippen LogP contribution in [-0.2, 0) is 0 Å². The Bertz CT molecular complexity index is 482. The van der Waals surface area contributed by atoms with Crippen LogP contribution in [0.5, 0.6) is 0 Å². The van der Waals surface area contributed by atoms with Crippen LogP contribution < -0.4 is 0 Å². The van der Waals surface area contributed by atoms with Crippen molar-refractivity contribution in [1.82, 2.24) is 0 Å². The molecule has 0 amide bonds. The third kappa shape index (κ3) is 7.27. The van der Waals surface area contributed by atoms with Crippen LogP contribution in [0.3, 0.4) is 0 Å². The SMILES string of the molecule is CCCCCSC(Sc1ccccc1)(SC1CCCCC1)SC1CC1. The van der Waals surface area contributed by atoms with Gasteiger partial charge in [-0.3, -0.25) is 0 Å². The normalized spacial score (nSPS) is 21.2. The van der Waals surface area contributed by atoms with Crippen molar-refractivity contribution >= 4 is 47.0 Å². The molecular weight excluding hydrogens is 380 g/mol. The quantitative estimate of drug-likeness (QED) is 0.203. The van der Waals surface area contributed by atoms with Gasteiger partial charge < -0.3 is 0 Å². The van der Waals surface area contributed by atoms with Crippen LogP contribution in [0, 0.1) is 0 Å². The van der Waals surface area contributed by atoms with E-state index in [4.69, 9.17) is 0 Å². The summed E-state index contributed by atoms with van der Waals surface area (Å²) in [6, 6.07) is 11.1. The number of hydrogen-bond acceptors (Lipinski definition) is 4. The van der Waals surface area contributed by atoms with Gasteiger partial charge in [0.2, 0.25) is 0 Å². The van der Waals surface area contributed by atoms with Gasteiger partial charge in [-0.1, -0.05) is 69.0 Å². The predicted octanol–water partition coefficient (Wildman–Crippen LogP) is 8.27. The molecule has 0 aliphatic heterocycles. The van der Waals surface area contributed by atoms with E-state index in [1.165, 1.54) is 74.9 Å². The molecule has 2 fully saturated rings. The van der Waals surface area contributed by atoms with E-state index in [0.29, 0.717) is 0 Å². The van der Waals surface area contributed by atoms with Gasteiger partial charge in [0.25, 0.3) is 0 Å². The molecule has 0 heterocycles. The molecule has 2 saturated carbocycles. The molecule has 0 bridgehead atoms. The summed E-state index contributed by atoms with van der Waals surface area (Å²) in [7, 11) is 0. The zero-order valence-electron chi connectivity index (χ0n) is 15.5. The summed E-state index contributed by atoms with van der Waals surface area (Å²) in [5, 5.41) is 1.78. The lowest BCUT2D eigenvalue weighted by molar-refractivity contribution is 0.516. The fraction of sp³-hybridized carbons (Fsp3) is 0.714. The largest absolute Gasteiger partial charge is 0.158 e. The second kappa shape index (κ2) is 10.8. The van der Waals surface area contributed by atoms with Gasteiger partial charge in [-0.25, -0.2) is 0 Å². The Labute approximate surface area is 171 Å². The molecule has 1 aromatic rings. The van der Waals surface area contributed by atoms with Crippen molar-refractivity contribution in [3.8, 4) is 0 Å². The molecule has 3 rings (SSSR count). The van der Waals surface area contributed by atoms with E-state index in [1.807, 2.05) is 0 Å². The molecule has 1 atom stereocenters. The average molecular weight is 413 g/mol. The number of benzene rings is 1. The summed E-state index contributed by atoms with van der Waals surface area (Å²) >= 11 is 9.02. The highest BCUT2D eigenvalue weighted by molar-refractivity contribution is 8.48. The van der Waals surface area contributed by atoms with Crippen LogP contribution in [0.25, 0.3) is 0 Å². The maximum Gasteiger partial charge on any atom is 0.158 e. The Hall–Kier alpha value is 0.620. The molecule has 2 aliphatic rings. The number of thioether (sulfide) groups is 4. The van der Waals surface area contributed by atoms with E-state index >= 15 is 0 Å². The van der Waals surface area contributed by atoms with Crippen LogP contribution in [0.15, 0.2) is 35.2 Å². The van der Waals surface area contributed by atoms with Crippen LogP contribution in [0.2, 0.25) is 0 Å². The van der Waals surface area contributed by atoms with Crippen molar-refractivity contribution in [2.24, 2.45) is 0 Å². The fourth-order valence-electron chi connectivity index (χ4n) is 3.13. The van der Waals surface area contributed by atoms with Crippen LogP contribution >= 0.6 is 47.0 Å². The van der Waals surface area contributed by atoms with Gasteiger partial charge >= 0.3 is 0 Å². The Morgan fingerprint density at radius 3 is 2.20 bits per heavy atom. The zero-order chi connectivity index (χ0) is 17.4. The highest BCUT2D eigenvalue weighted by Crippen LogP contribution is 2.64. The molecule has 0 nitrogen and oxygen atoms in total. The summed E-state index contributed by atoms with van der Waals surface area (Å²) < 4.78 is 0.262. The molecule has 4 heteroatoms. The number of unbranched alkanes of at least 4 members (excludes halogenated alkanes) is 2. The summed E-state index contributed by atoms with van der Waals surface area (Å²) in [6.45, 7) is 2.31. The van der Waals surface area contributed by atoms with Gasteiger partial charge in [0.1, 0.15) is 0 Å². The van der Waals surface area contributed by atoms with Crippen molar-refractivity contribution in [2.75, 3.05) is 5.75 Å². The minimum atomic E-state index is 0.262. The minimum Gasteiger partial charge on any atom is -0.122 e. The van der Waals surface area contributed by atoms with Crippen LogP contribution in [0.1, 0.15) is 71.1 Å². The first-order valence-electron chi connectivity index (χ1n) is 10.0. The number of hydrogen-bond donors (Lipinski definition) is 0. The molecule has 0 N–H and O–H groups in total. The van der Waals surface area contributed by atoms with E-state index in [0.717, 1.165) is 10.5 Å². The van der Waals surface area contributed by atoms with E-state index in [9.17, 15) is 0 Å². The standard InChI is InChI=1S/C21H32S4/c1-2-3-10-17-22-21(25-20-15-16-20,23-18-11-6-4-7-12-18)24-19-13-8-5-9-14-19/h4,6-7,11-12,19-20H,2-3,5,8-10,13-17H2,1H3. The smallest absolute Gasteiger partial charge is 0.122 e. The molecule has 1 aromatic carbocycles. The van der Waals surface area contributed by atoms with E-state index < -0.39 is 0 Å². The Balaban J connectivity index is 1.71. The molecule has 25 heavy (non-hydrogen) atoms. The van der Waals surface area contributed by atoms with Gasteiger partial charge in [0.05, 0.1) is 0 Å². The number of rotatable bonds is 11. The molecular formula is C21H32S4. The second-order valence-corrected chi connectivity index (χ2v) is 14.3. The fourth-order valence-corrected chi connectivity index (χ4v) is 11.5. The van der Waals surface area contributed by atoms with Gasteiger partial charge in [-0.15, -0.1) is 35.3 Å². The molecule has 0 aromatic heterocycles. The monoisotopic (exact) mass is 412 g/mol. The van der Waals surface area contributed by atoms with Crippen molar-refractivity contribution in [1.29, 1.82) is 0 Å². The predicted molar refractivity (Wildman–Crippen MR) is 122 cm³/mol. The average Bonchev–Trinajstić information content (AvgIpc) is 3.44. The van der Waals surface area contributed by atoms with E-state index in [-0.39, 0.29) is 2.74 Å². The summed E-state index contributed by atoms with van der Waals surface area (Å²) in [4.78, 5) is 1.45. The lowest BCUT2D eigenvalue weighted by Crippen LogP contribution is -2.20. The van der Waals surface area contributed by atoms with E-state index in [2.05, 4.69) is 84.3 Å². The van der Waals surface area contributed by atoms with Crippen LogP contribution in [0.4, 0.5) is 0 Å². The molecule has 0 radical (unpaired) electrons. The lowest BCUT2D eigenvalue weighted by Gasteiger charge is -2.36. The Kier molecular flexibility index (Phi) is 8.82. The van der Waals surface area contributed by atoms with Gasteiger partial charge in [0, 0.05) is 15.4 Å². The highest BCUT2D eigenvalue weighted by atomic mass is 32.3. The van der Waals surface area contributed by atoms with Crippen molar-refractivity contribution in [2.45, 2.75) is 89.3 Å². The first kappa shape index (κ1) is 20.4. The first-order chi connectivity index (χ1) is 12.3. The maximum atomic E-state index is 2.32. The van der Waals surface area contributed by atoms with Crippen molar-refractivity contribution < 1.29 is 0 Å². The summed E-state index contributed by atoms with van der Waals surface area (Å²) in [6.07, 6.45) is 14.1. The first-order valence-corrected chi connectivity index (χ1v) is 13.6.